The van der Waals surface area contributed by atoms with E-state index in [-0.39, 0.29) is 0 Å². The molecule has 3 aromatic rings. The molecule has 1 saturated carbocycles. The molecule has 0 radical (unpaired) electrons. The van der Waals surface area contributed by atoms with Crippen molar-refractivity contribution in [1.82, 2.24) is 29.5 Å². The van der Waals surface area contributed by atoms with Gasteiger partial charge in [0.25, 0.3) is 0 Å². The third-order valence-corrected chi connectivity index (χ3v) is 7.33. The van der Waals surface area contributed by atoms with E-state index in [1.807, 2.05) is 17.9 Å². The van der Waals surface area contributed by atoms with Crippen LogP contribution >= 0.6 is 0 Å². The summed E-state index contributed by atoms with van der Waals surface area (Å²) >= 11 is 0. The Bertz CT molecular complexity index is 986. The molecule has 30 heavy (non-hydrogen) atoms. The number of aromatic nitrogens is 4. The summed E-state index contributed by atoms with van der Waals surface area (Å²) in [5.74, 6) is 0.631. The second-order valence-electron chi connectivity index (χ2n) is 9.44. The van der Waals surface area contributed by atoms with Gasteiger partial charge in [0.15, 0.2) is 0 Å². The minimum absolute atomic E-state index is 0.631. The van der Waals surface area contributed by atoms with Gasteiger partial charge < -0.3 is 4.98 Å². The van der Waals surface area contributed by atoms with Crippen LogP contribution in [0.5, 0.6) is 0 Å². The minimum atomic E-state index is 0.631. The van der Waals surface area contributed by atoms with Crippen LogP contribution in [-0.2, 0) is 7.05 Å². The zero-order chi connectivity index (χ0) is 20.7. The van der Waals surface area contributed by atoms with Crippen molar-refractivity contribution < 1.29 is 0 Å². The summed E-state index contributed by atoms with van der Waals surface area (Å²) in [5, 5.41) is 5.55. The predicted octanol–water partition coefficient (Wildman–Crippen LogP) is 4.02. The number of pyridine rings is 1. The molecule has 0 unspecified atom stereocenters. The summed E-state index contributed by atoms with van der Waals surface area (Å²) in [6.45, 7) is 9.55. The summed E-state index contributed by atoms with van der Waals surface area (Å²) in [6.07, 6.45) is 13.3. The standard InChI is InChI=1S/C24H34N6/c1-17(2)29-8-10-30(11-9-29)21-6-4-18(5-7-21)19-12-22-23(15-26-24(22)25-13-19)20-14-27-28(3)16-20/h12-18,21H,4-11H2,1-3H3,(H,25,26). The first-order valence-corrected chi connectivity index (χ1v) is 11.5. The summed E-state index contributed by atoms with van der Waals surface area (Å²) < 4.78 is 1.85. The highest BCUT2D eigenvalue weighted by atomic mass is 15.3. The van der Waals surface area contributed by atoms with Gasteiger partial charge in [0, 0.05) is 80.4 Å². The topological polar surface area (TPSA) is 53.0 Å². The van der Waals surface area contributed by atoms with Gasteiger partial charge in [0.2, 0.25) is 0 Å². The van der Waals surface area contributed by atoms with Crippen molar-refractivity contribution in [2.45, 2.75) is 57.5 Å². The number of nitrogens with one attached hydrogen (secondary N) is 1. The number of nitrogens with zero attached hydrogens (tertiary/aromatic N) is 5. The Balaban J connectivity index is 1.26. The van der Waals surface area contributed by atoms with Crippen LogP contribution in [0.25, 0.3) is 22.2 Å². The normalized spacial score (nSPS) is 24.1. The quantitative estimate of drug-likeness (QED) is 0.711. The molecule has 2 fully saturated rings. The van der Waals surface area contributed by atoms with Crippen LogP contribution in [0.2, 0.25) is 0 Å². The van der Waals surface area contributed by atoms with E-state index in [1.54, 1.807) is 0 Å². The molecule has 0 aromatic carbocycles. The molecule has 4 heterocycles. The van der Waals surface area contributed by atoms with Crippen molar-refractivity contribution in [3.63, 3.8) is 0 Å². The first-order chi connectivity index (χ1) is 14.6. The van der Waals surface area contributed by atoms with Crippen LogP contribution in [0.3, 0.4) is 0 Å². The third kappa shape index (κ3) is 3.79. The van der Waals surface area contributed by atoms with Gasteiger partial charge in [-0.15, -0.1) is 0 Å². The third-order valence-electron chi connectivity index (χ3n) is 7.33. The molecular formula is C24H34N6. The fourth-order valence-corrected chi connectivity index (χ4v) is 5.44. The van der Waals surface area contributed by atoms with Gasteiger partial charge in [-0.05, 0) is 57.1 Å². The zero-order valence-corrected chi connectivity index (χ0v) is 18.5. The molecule has 5 rings (SSSR count). The summed E-state index contributed by atoms with van der Waals surface area (Å²) in [5.41, 5.74) is 4.71. The van der Waals surface area contributed by atoms with E-state index in [1.165, 1.54) is 68.4 Å². The Morgan fingerprint density at radius 3 is 2.47 bits per heavy atom. The molecule has 6 heteroatoms. The lowest BCUT2D eigenvalue weighted by Crippen LogP contribution is -2.52. The Morgan fingerprint density at radius 1 is 1.03 bits per heavy atom. The smallest absolute Gasteiger partial charge is 0.137 e. The van der Waals surface area contributed by atoms with E-state index in [9.17, 15) is 0 Å². The van der Waals surface area contributed by atoms with Crippen LogP contribution in [0.1, 0.15) is 51.0 Å². The van der Waals surface area contributed by atoms with E-state index in [0.717, 1.165) is 17.3 Å². The SMILES string of the molecule is CC(C)N1CCN(C2CCC(c3cnc4[nH]cc(-c5cnn(C)c5)c4c3)CC2)CC1. The molecule has 3 aromatic heterocycles. The number of piperazine rings is 1. The van der Waals surface area contributed by atoms with Crippen molar-refractivity contribution in [1.29, 1.82) is 0 Å². The Hall–Kier alpha value is -2.18. The second-order valence-corrected chi connectivity index (χ2v) is 9.44. The molecule has 6 nitrogen and oxygen atoms in total. The van der Waals surface area contributed by atoms with E-state index in [2.05, 4.69) is 58.4 Å². The summed E-state index contributed by atoms with van der Waals surface area (Å²) in [7, 11) is 1.96. The predicted molar refractivity (Wildman–Crippen MR) is 122 cm³/mol. The van der Waals surface area contributed by atoms with Crippen LogP contribution in [-0.4, -0.2) is 67.8 Å². The van der Waals surface area contributed by atoms with E-state index >= 15 is 0 Å². The van der Waals surface area contributed by atoms with Crippen molar-refractivity contribution in [3.8, 4) is 11.1 Å². The Kier molecular flexibility index (Phi) is 5.37. The summed E-state index contributed by atoms with van der Waals surface area (Å²) in [4.78, 5) is 13.4. The molecule has 1 aliphatic heterocycles. The first kappa shape index (κ1) is 19.8. The van der Waals surface area contributed by atoms with E-state index in [4.69, 9.17) is 4.98 Å². The van der Waals surface area contributed by atoms with Gasteiger partial charge in [-0.3, -0.25) is 14.5 Å². The van der Waals surface area contributed by atoms with Crippen molar-refractivity contribution >= 4 is 11.0 Å². The maximum absolute atomic E-state index is 4.74. The van der Waals surface area contributed by atoms with Gasteiger partial charge in [-0.25, -0.2) is 4.98 Å². The lowest BCUT2D eigenvalue weighted by Gasteiger charge is -2.43. The van der Waals surface area contributed by atoms with Gasteiger partial charge in [-0.2, -0.15) is 5.10 Å². The highest BCUT2D eigenvalue weighted by Gasteiger charge is 2.29. The van der Waals surface area contributed by atoms with Crippen molar-refractivity contribution in [2.24, 2.45) is 7.05 Å². The van der Waals surface area contributed by atoms with Crippen molar-refractivity contribution in [3.05, 3.63) is 36.4 Å². The lowest BCUT2D eigenvalue weighted by atomic mass is 9.81. The molecule has 1 aliphatic carbocycles. The molecule has 0 spiro atoms. The zero-order valence-electron chi connectivity index (χ0n) is 18.5. The molecule has 1 N–H and O–H groups in total. The number of rotatable bonds is 4. The first-order valence-electron chi connectivity index (χ1n) is 11.5. The van der Waals surface area contributed by atoms with E-state index in [0.29, 0.717) is 12.0 Å². The second kappa shape index (κ2) is 8.16. The number of H-pyrrole nitrogens is 1. The molecule has 160 valence electrons. The number of aromatic amines is 1. The fraction of sp³-hybridized carbons (Fsp3) is 0.583. The molecular weight excluding hydrogens is 372 g/mol. The summed E-state index contributed by atoms with van der Waals surface area (Å²) in [6, 6.07) is 3.81. The molecule has 1 saturated heterocycles. The average molecular weight is 407 g/mol. The number of hydrogen-bond donors (Lipinski definition) is 1. The van der Waals surface area contributed by atoms with E-state index < -0.39 is 0 Å². The van der Waals surface area contributed by atoms with Crippen molar-refractivity contribution in [2.75, 3.05) is 26.2 Å². The minimum Gasteiger partial charge on any atom is -0.346 e. The van der Waals surface area contributed by atoms with Gasteiger partial charge in [0.05, 0.1) is 6.20 Å². The van der Waals surface area contributed by atoms with Crippen LogP contribution in [0, 0.1) is 0 Å². The maximum Gasteiger partial charge on any atom is 0.137 e. The highest BCUT2D eigenvalue weighted by molar-refractivity contribution is 5.93. The number of hydrogen-bond acceptors (Lipinski definition) is 4. The van der Waals surface area contributed by atoms with Crippen LogP contribution in [0.4, 0.5) is 0 Å². The van der Waals surface area contributed by atoms with Crippen LogP contribution < -0.4 is 0 Å². The number of aryl methyl sites for hydroxylation is 1. The number of fused-ring (bicyclic) bond motifs is 1. The molecule has 2 aliphatic rings. The highest BCUT2D eigenvalue weighted by Crippen LogP contribution is 2.37. The van der Waals surface area contributed by atoms with Crippen LogP contribution in [0.15, 0.2) is 30.9 Å². The average Bonchev–Trinajstić information content (AvgIpc) is 3.39. The largest absolute Gasteiger partial charge is 0.346 e. The van der Waals surface area contributed by atoms with Gasteiger partial charge in [-0.1, -0.05) is 0 Å². The Morgan fingerprint density at radius 2 is 1.80 bits per heavy atom. The Labute approximate surface area is 179 Å². The van der Waals surface area contributed by atoms with Gasteiger partial charge >= 0.3 is 0 Å². The molecule has 0 atom stereocenters. The fourth-order valence-electron chi connectivity index (χ4n) is 5.44. The molecule has 0 bridgehead atoms. The lowest BCUT2D eigenvalue weighted by molar-refractivity contribution is 0.0620. The molecule has 0 amide bonds. The van der Waals surface area contributed by atoms with Gasteiger partial charge in [0.1, 0.15) is 5.65 Å². The maximum atomic E-state index is 4.74. The monoisotopic (exact) mass is 406 g/mol.